The molecule has 0 aliphatic heterocycles. The molecule has 0 radical (unpaired) electrons. The van der Waals surface area contributed by atoms with Crippen LogP contribution in [-0.4, -0.2) is 19.2 Å². The zero-order valence-electron chi connectivity index (χ0n) is 10.7. The molecule has 2 rings (SSSR count). The Morgan fingerprint density at radius 2 is 2.10 bits per heavy atom. The van der Waals surface area contributed by atoms with Crippen LogP contribution in [0, 0.1) is 16.0 Å². The van der Waals surface area contributed by atoms with E-state index < -0.39 is 26.5 Å². The molecule has 1 aliphatic rings. The molecule has 1 aromatic carbocycles. The number of nitrogens with one attached hydrogen (secondary N) is 1. The van der Waals surface area contributed by atoms with Crippen LogP contribution in [0.1, 0.15) is 12.8 Å². The summed E-state index contributed by atoms with van der Waals surface area (Å²) in [6.07, 6.45) is 4.80. The van der Waals surface area contributed by atoms with Crippen molar-refractivity contribution < 1.29 is 18.1 Å². The molecule has 1 amide bonds. The van der Waals surface area contributed by atoms with Crippen LogP contribution < -0.4 is 4.72 Å². The van der Waals surface area contributed by atoms with Gasteiger partial charge in [0.1, 0.15) is 5.02 Å². The zero-order chi connectivity index (χ0) is 15.6. The maximum absolute atomic E-state index is 11.9. The van der Waals surface area contributed by atoms with E-state index in [2.05, 4.69) is 0 Å². The molecular formula is C12H11ClN2O5S. The molecule has 0 unspecified atom stereocenters. The van der Waals surface area contributed by atoms with Crippen LogP contribution >= 0.6 is 11.6 Å². The number of carbonyl (C=O) groups is 1. The van der Waals surface area contributed by atoms with Crippen LogP contribution in [0.15, 0.2) is 35.2 Å². The molecule has 0 saturated heterocycles. The highest BCUT2D eigenvalue weighted by Gasteiger charge is 2.22. The van der Waals surface area contributed by atoms with Crippen molar-refractivity contribution in [3.8, 4) is 0 Å². The van der Waals surface area contributed by atoms with E-state index in [1.54, 1.807) is 6.08 Å². The molecule has 112 valence electrons. The second-order valence-electron chi connectivity index (χ2n) is 4.54. The minimum Gasteiger partial charge on any atom is -0.269 e. The minimum absolute atomic E-state index is 0.314. The molecule has 1 fully saturated rings. The van der Waals surface area contributed by atoms with Crippen molar-refractivity contribution in [2.75, 3.05) is 0 Å². The SMILES string of the molecule is O=C(/C=C/C1CC1)NS(=O)(=O)c1ccc([N+](=O)[O-])c(Cl)c1. The van der Waals surface area contributed by atoms with Gasteiger partial charge in [0.2, 0.25) is 0 Å². The lowest BCUT2D eigenvalue weighted by molar-refractivity contribution is -0.384. The molecule has 1 aromatic rings. The predicted octanol–water partition coefficient (Wildman–Crippen LogP) is 2.02. The van der Waals surface area contributed by atoms with E-state index in [4.69, 9.17) is 11.6 Å². The number of allylic oxidation sites excluding steroid dienone is 1. The van der Waals surface area contributed by atoms with Gasteiger partial charge in [0.15, 0.2) is 0 Å². The van der Waals surface area contributed by atoms with Gasteiger partial charge >= 0.3 is 0 Å². The number of hydrogen-bond acceptors (Lipinski definition) is 5. The lowest BCUT2D eigenvalue weighted by Gasteiger charge is -2.05. The predicted molar refractivity (Wildman–Crippen MR) is 75.3 cm³/mol. The average Bonchev–Trinajstić information content (AvgIpc) is 3.19. The van der Waals surface area contributed by atoms with Crippen molar-refractivity contribution in [3.05, 3.63) is 45.5 Å². The van der Waals surface area contributed by atoms with Gasteiger partial charge < -0.3 is 0 Å². The highest BCUT2D eigenvalue weighted by molar-refractivity contribution is 7.90. The summed E-state index contributed by atoms with van der Waals surface area (Å²) in [5.41, 5.74) is -0.407. The summed E-state index contributed by atoms with van der Waals surface area (Å²) in [6.45, 7) is 0. The van der Waals surface area contributed by atoms with Crippen LogP contribution in [0.5, 0.6) is 0 Å². The van der Waals surface area contributed by atoms with E-state index in [1.165, 1.54) is 6.08 Å². The Kier molecular flexibility index (Phi) is 4.29. The second kappa shape index (κ2) is 5.82. The van der Waals surface area contributed by atoms with E-state index in [-0.39, 0.29) is 9.92 Å². The van der Waals surface area contributed by atoms with E-state index in [1.807, 2.05) is 4.72 Å². The first-order chi connectivity index (χ1) is 9.79. The van der Waals surface area contributed by atoms with Gasteiger partial charge in [-0.15, -0.1) is 0 Å². The third kappa shape index (κ3) is 4.02. The van der Waals surface area contributed by atoms with Crippen molar-refractivity contribution >= 4 is 33.2 Å². The number of amides is 1. The van der Waals surface area contributed by atoms with Gasteiger partial charge in [-0.3, -0.25) is 14.9 Å². The maximum Gasteiger partial charge on any atom is 0.287 e. The van der Waals surface area contributed by atoms with Gasteiger partial charge in [0, 0.05) is 12.1 Å². The van der Waals surface area contributed by atoms with Crippen LogP contribution in [0.25, 0.3) is 0 Å². The Morgan fingerprint density at radius 1 is 1.43 bits per heavy atom. The molecule has 0 spiro atoms. The maximum atomic E-state index is 11.9. The normalized spacial score (nSPS) is 15.1. The third-order valence-corrected chi connectivity index (χ3v) is 4.45. The number of hydrogen-bond donors (Lipinski definition) is 1. The molecule has 1 aliphatic carbocycles. The summed E-state index contributed by atoms with van der Waals surface area (Å²) >= 11 is 5.65. The van der Waals surface area contributed by atoms with Crippen molar-refractivity contribution in [1.82, 2.24) is 4.72 Å². The van der Waals surface area contributed by atoms with E-state index in [0.717, 1.165) is 31.0 Å². The van der Waals surface area contributed by atoms with Crippen LogP contribution in [-0.2, 0) is 14.8 Å². The second-order valence-corrected chi connectivity index (χ2v) is 6.63. The topological polar surface area (TPSA) is 106 Å². The van der Waals surface area contributed by atoms with E-state index in [0.29, 0.717) is 5.92 Å². The lowest BCUT2D eigenvalue weighted by Crippen LogP contribution is -2.29. The fraction of sp³-hybridized carbons (Fsp3) is 0.250. The Labute approximate surface area is 125 Å². The van der Waals surface area contributed by atoms with E-state index in [9.17, 15) is 23.3 Å². The van der Waals surface area contributed by atoms with Gasteiger partial charge in [-0.25, -0.2) is 13.1 Å². The molecule has 7 nitrogen and oxygen atoms in total. The summed E-state index contributed by atoms with van der Waals surface area (Å²) in [4.78, 5) is 21.1. The summed E-state index contributed by atoms with van der Waals surface area (Å²) in [7, 11) is -4.11. The third-order valence-electron chi connectivity index (χ3n) is 2.80. The van der Waals surface area contributed by atoms with Crippen LogP contribution in [0.3, 0.4) is 0 Å². The van der Waals surface area contributed by atoms with E-state index >= 15 is 0 Å². The Hall–Kier alpha value is -1.93. The fourth-order valence-corrected chi connectivity index (χ4v) is 2.83. The van der Waals surface area contributed by atoms with Crippen LogP contribution in [0.4, 0.5) is 5.69 Å². The van der Waals surface area contributed by atoms with Gasteiger partial charge in [0.25, 0.3) is 21.6 Å². The number of nitro benzene ring substituents is 1. The molecule has 0 bridgehead atoms. The molecule has 1 N–H and O–H groups in total. The minimum atomic E-state index is -4.11. The summed E-state index contributed by atoms with van der Waals surface area (Å²) in [5, 5.41) is 10.3. The number of benzene rings is 1. The number of halogens is 1. The lowest BCUT2D eigenvalue weighted by atomic mass is 10.3. The molecular weight excluding hydrogens is 320 g/mol. The Morgan fingerprint density at radius 3 is 2.62 bits per heavy atom. The molecule has 21 heavy (non-hydrogen) atoms. The largest absolute Gasteiger partial charge is 0.287 e. The van der Waals surface area contributed by atoms with Crippen molar-refractivity contribution in [1.29, 1.82) is 0 Å². The summed E-state index contributed by atoms with van der Waals surface area (Å²) in [5.74, 6) is -0.427. The first kappa shape index (κ1) is 15.5. The van der Waals surface area contributed by atoms with Gasteiger partial charge in [-0.05, 0) is 30.9 Å². The number of nitro groups is 1. The number of rotatable bonds is 5. The first-order valence-corrected chi connectivity index (χ1v) is 7.84. The molecule has 0 atom stereocenters. The number of sulfonamides is 1. The summed E-state index contributed by atoms with van der Waals surface area (Å²) < 4.78 is 25.7. The van der Waals surface area contributed by atoms with Crippen molar-refractivity contribution in [2.24, 2.45) is 5.92 Å². The first-order valence-electron chi connectivity index (χ1n) is 5.98. The van der Waals surface area contributed by atoms with Crippen molar-refractivity contribution in [3.63, 3.8) is 0 Å². The van der Waals surface area contributed by atoms with Gasteiger partial charge in [-0.2, -0.15) is 0 Å². The fourth-order valence-electron chi connectivity index (χ4n) is 1.54. The standard InChI is InChI=1S/C12H11ClN2O5S/c13-10-7-9(4-5-11(10)15(17)18)21(19,20)14-12(16)6-3-8-1-2-8/h3-8H,1-2H2,(H,14,16)/b6-3+. The summed E-state index contributed by atoms with van der Waals surface area (Å²) in [6, 6.07) is 2.92. The average molecular weight is 331 g/mol. The number of nitrogens with zero attached hydrogens (tertiary/aromatic N) is 1. The smallest absolute Gasteiger partial charge is 0.269 e. The molecule has 9 heteroatoms. The molecule has 0 aromatic heterocycles. The van der Waals surface area contributed by atoms with Gasteiger partial charge in [0.05, 0.1) is 9.82 Å². The molecule has 1 saturated carbocycles. The highest BCUT2D eigenvalue weighted by Crippen LogP contribution is 2.30. The quantitative estimate of drug-likeness (QED) is 0.505. The highest BCUT2D eigenvalue weighted by atomic mass is 35.5. The molecule has 0 heterocycles. The van der Waals surface area contributed by atoms with Crippen LogP contribution in [0.2, 0.25) is 5.02 Å². The Bertz CT molecular complexity index is 725. The number of carbonyl (C=O) groups excluding carboxylic acids is 1. The monoisotopic (exact) mass is 330 g/mol. The van der Waals surface area contributed by atoms with Crippen molar-refractivity contribution in [2.45, 2.75) is 17.7 Å². The zero-order valence-corrected chi connectivity index (χ0v) is 12.2. The Balaban J connectivity index is 2.17. The van der Waals surface area contributed by atoms with Gasteiger partial charge in [-0.1, -0.05) is 17.7 Å².